The first kappa shape index (κ1) is 22.6. The molecule has 1 amide bonds. The van der Waals surface area contributed by atoms with E-state index in [1.54, 1.807) is 7.05 Å². The Kier molecular flexibility index (Phi) is 11.0. The van der Waals surface area contributed by atoms with Crippen molar-refractivity contribution in [3.05, 3.63) is 0 Å². The van der Waals surface area contributed by atoms with Crippen LogP contribution in [0.4, 0.5) is 4.79 Å². The molecule has 2 N–H and O–H groups in total. The van der Waals surface area contributed by atoms with E-state index in [4.69, 9.17) is 4.74 Å². The number of nitrogens with one attached hydrogen (secondary N) is 2. The summed E-state index contributed by atoms with van der Waals surface area (Å²) in [6.45, 7) is 8.19. The zero-order valence-electron chi connectivity index (χ0n) is 14.8. The van der Waals surface area contributed by atoms with Crippen LogP contribution in [0.25, 0.3) is 0 Å². The van der Waals surface area contributed by atoms with Gasteiger partial charge in [-0.05, 0) is 45.6 Å². The second-order valence-corrected chi connectivity index (χ2v) is 7.38. The maximum atomic E-state index is 11.8. The molecule has 6 nitrogen and oxygen atoms in total. The van der Waals surface area contributed by atoms with Crippen LogP contribution in [0.15, 0.2) is 4.99 Å². The Morgan fingerprint density at radius 1 is 1.43 bits per heavy atom. The number of hydrogen-bond acceptors (Lipinski definition) is 4. The van der Waals surface area contributed by atoms with Crippen LogP contribution in [0.1, 0.15) is 33.6 Å². The van der Waals surface area contributed by atoms with Crippen LogP contribution in [-0.2, 0) is 4.74 Å². The van der Waals surface area contributed by atoms with Crippen molar-refractivity contribution in [3.63, 3.8) is 0 Å². The van der Waals surface area contributed by atoms with Crippen LogP contribution in [-0.4, -0.2) is 67.3 Å². The SMILES string of the molecule is CN=C(NCCCSC)N1CCC(NC(=O)OC(C)(C)C)C1.I. The molecule has 1 saturated heterocycles. The Balaban J connectivity index is 0.00000484. The molecular weight excluding hydrogens is 427 g/mol. The third-order valence-corrected chi connectivity index (χ3v) is 3.93. The second kappa shape index (κ2) is 11.2. The molecular formula is C15H31IN4O2S. The Labute approximate surface area is 161 Å². The Morgan fingerprint density at radius 3 is 2.70 bits per heavy atom. The number of nitrogens with zero attached hydrogens (tertiary/aromatic N) is 2. The third kappa shape index (κ3) is 9.49. The van der Waals surface area contributed by atoms with Gasteiger partial charge in [0.05, 0.1) is 6.04 Å². The second-order valence-electron chi connectivity index (χ2n) is 6.40. The van der Waals surface area contributed by atoms with Gasteiger partial charge in [0.2, 0.25) is 0 Å². The van der Waals surface area contributed by atoms with Gasteiger partial charge in [-0.2, -0.15) is 11.8 Å². The van der Waals surface area contributed by atoms with Crippen molar-refractivity contribution < 1.29 is 9.53 Å². The molecule has 136 valence electrons. The quantitative estimate of drug-likeness (QED) is 0.287. The van der Waals surface area contributed by atoms with E-state index in [1.807, 2.05) is 32.5 Å². The van der Waals surface area contributed by atoms with Gasteiger partial charge in [-0.1, -0.05) is 0 Å². The number of aliphatic imine (C=N–C) groups is 1. The van der Waals surface area contributed by atoms with Crippen molar-refractivity contribution in [1.29, 1.82) is 0 Å². The lowest BCUT2D eigenvalue weighted by atomic mass is 10.2. The molecule has 1 fully saturated rings. The molecule has 1 rings (SSSR count). The first-order chi connectivity index (χ1) is 10.4. The molecule has 1 heterocycles. The highest BCUT2D eigenvalue weighted by Gasteiger charge is 2.27. The van der Waals surface area contributed by atoms with Crippen molar-refractivity contribution in [2.75, 3.05) is 38.7 Å². The average Bonchev–Trinajstić information content (AvgIpc) is 2.85. The van der Waals surface area contributed by atoms with Crippen molar-refractivity contribution >= 4 is 47.8 Å². The number of ether oxygens (including phenoxy) is 1. The average molecular weight is 458 g/mol. The highest BCUT2D eigenvalue weighted by Crippen LogP contribution is 2.12. The van der Waals surface area contributed by atoms with Gasteiger partial charge in [0, 0.05) is 26.7 Å². The minimum atomic E-state index is -0.461. The lowest BCUT2D eigenvalue weighted by molar-refractivity contribution is 0.0507. The zero-order chi connectivity index (χ0) is 16.6. The Morgan fingerprint density at radius 2 is 2.13 bits per heavy atom. The van der Waals surface area contributed by atoms with Gasteiger partial charge >= 0.3 is 6.09 Å². The van der Waals surface area contributed by atoms with E-state index in [2.05, 4.69) is 26.8 Å². The van der Waals surface area contributed by atoms with E-state index < -0.39 is 5.60 Å². The van der Waals surface area contributed by atoms with Gasteiger partial charge < -0.3 is 20.3 Å². The molecule has 0 saturated carbocycles. The van der Waals surface area contributed by atoms with Gasteiger partial charge in [0.25, 0.3) is 0 Å². The number of likely N-dealkylation sites (tertiary alicyclic amines) is 1. The smallest absolute Gasteiger partial charge is 0.407 e. The van der Waals surface area contributed by atoms with Gasteiger partial charge in [-0.25, -0.2) is 4.79 Å². The van der Waals surface area contributed by atoms with Gasteiger partial charge in [0.1, 0.15) is 5.60 Å². The largest absolute Gasteiger partial charge is 0.444 e. The minimum Gasteiger partial charge on any atom is -0.444 e. The van der Waals surface area contributed by atoms with Gasteiger partial charge in [0.15, 0.2) is 5.96 Å². The van der Waals surface area contributed by atoms with Crippen molar-refractivity contribution in [1.82, 2.24) is 15.5 Å². The summed E-state index contributed by atoms with van der Waals surface area (Å²) in [5, 5.41) is 6.31. The lowest BCUT2D eigenvalue weighted by Crippen LogP contribution is -2.44. The maximum Gasteiger partial charge on any atom is 0.407 e. The van der Waals surface area contributed by atoms with E-state index >= 15 is 0 Å². The first-order valence-electron chi connectivity index (χ1n) is 7.79. The van der Waals surface area contributed by atoms with E-state index in [1.165, 1.54) is 0 Å². The first-order valence-corrected chi connectivity index (χ1v) is 9.19. The number of carbonyl (C=O) groups excluding carboxylic acids is 1. The highest BCUT2D eigenvalue weighted by molar-refractivity contribution is 14.0. The number of thioether (sulfide) groups is 1. The summed E-state index contributed by atoms with van der Waals surface area (Å²) in [7, 11) is 1.80. The Hall–Kier alpha value is -0.380. The Bertz CT molecular complexity index is 388. The predicted octanol–water partition coefficient (Wildman–Crippen LogP) is 2.53. The summed E-state index contributed by atoms with van der Waals surface area (Å²) >= 11 is 1.85. The van der Waals surface area contributed by atoms with Crippen molar-refractivity contribution in [3.8, 4) is 0 Å². The summed E-state index contributed by atoms with van der Waals surface area (Å²) in [5.74, 6) is 2.06. The van der Waals surface area contributed by atoms with Crippen LogP contribution in [0, 0.1) is 0 Å². The number of rotatable bonds is 5. The molecule has 1 aliphatic heterocycles. The molecule has 1 unspecified atom stereocenters. The molecule has 0 aromatic carbocycles. The molecule has 8 heteroatoms. The number of amides is 1. The predicted molar refractivity (Wildman–Crippen MR) is 109 cm³/mol. The van der Waals surface area contributed by atoms with Crippen molar-refractivity contribution in [2.24, 2.45) is 4.99 Å². The van der Waals surface area contributed by atoms with Crippen LogP contribution >= 0.6 is 35.7 Å². The van der Waals surface area contributed by atoms with Crippen LogP contribution < -0.4 is 10.6 Å². The fraction of sp³-hybridized carbons (Fsp3) is 0.867. The summed E-state index contributed by atoms with van der Waals surface area (Å²) in [6, 6.07) is 0.111. The van der Waals surface area contributed by atoms with Crippen LogP contribution in [0.5, 0.6) is 0 Å². The van der Waals surface area contributed by atoms with E-state index in [0.29, 0.717) is 0 Å². The van der Waals surface area contributed by atoms with Gasteiger partial charge in [-0.15, -0.1) is 24.0 Å². The molecule has 0 aromatic rings. The molecule has 1 aliphatic rings. The maximum absolute atomic E-state index is 11.8. The number of hydrogen-bond donors (Lipinski definition) is 2. The summed E-state index contributed by atoms with van der Waals surface area (Å²) in [4.78, 5) is 18.3. The number of alkyl carbamates (subject to hydrolysis) is 1. The van der Waals surface area contributed by atoms with Crippen molar-refractivity contribution in [2.45, 2.75) is 45.3 Å². The molecule has 1 atom stereocenters. The lowest BCUT2D eigenvalue weighted by Gasteiger charge is -2.23. The van der Waals surface area contributed by atoms with E-state index in [-0.39, 0.29) is 36.1 Å². The van der Waals surface area contributed by atoms with E-state index in [0.717, 1.165) is 44.2 Å². The number of halogens is 1. The third-order valence-electron chi connectivity index (χ3n) is 3.23. The zero-order valence-corrected chi connectivity index (χ0v) is 18.0. The fourth-order valence-electron chi connectivity index (χ4n) is 2.29. The number of guanidine groups is 1. The van der Waals surface area contributed by atoms with Crippen LogP contribution in [0.2, 0.25) is 0 Å². The van der Waals surface area contributed by atoms with Crippen LogP contribution in [0.3, 0.4) is 0 Å². The minimum absolute atomic E-state index is 0. The molecule has 0 radical (unpaired) electrons. The summed E-state index contributed by atoms with van der Waals surface area (Å²) in [5.41, 5.74) is -0.461. The normalized spacial score (nSPS) is 18.4. The summed E-state index contributed by atoms with van der Waals surface area (Å²) < 4.78 is 5.30. The summed E-state index contributed by atoms with van der Waals surface area (Å²) in [6.07, 6.45) is 3.79. The monoisotopic (exact) mass is 458 g/mol. The van der Waals surface area contributed by atoms with Gasteiger partial charge in [-0.3, -0.25) is 4.99 Å². The topological polar surface area (TPSA) is 66.0 Å². The standard InChI is InChI=1S/C15H30N4O2S.HI/c1-15(2,3)21-14(20)18-12-7-9-19(11-12)13(16-4)17-8-6-10-22-5;/h12H,6-11H2,1-5H3,(H,16,17)(H,18,20);1H. The molecule has 23 heavy (non-hydrogen) atoms. The molecule has 0 aliphatic carbocycles. The highest BCUT2D eigenvalue weighted by atomic mass is 127. The number of carbonyl (C=O) groups is 1. The van der Waals surface area contributed by atoms with E-state index in [9.17, 15) is 4.79 Å². The molecule has 0 spiro atoms. The fourth-order valence-corrected chi connectivity index (χ4v) is 2.73. The molecule has 0 aromatic heterocycles. The molecule has 0 bridgehead atoms.